The topological polar surface area (TPSA) is 24.9 Å². The molecule has 4 heteroatoms. The van der Waals surface area contributed by atoms with Crippen molar-refractivity contribution in [1.29, 1.82) is 0 Å². The Morgan fingerprint density at radius 3 is 2.77 bits per heavy atom. The summed E-state index contributed by atoms with van der Waals surface area (Å²) in [6, 6.07) is 16.3. The molecule has 0 unspecified atom stereocenters. The zero-order valence-corrected chi connectivity index (χ0v) is 14.1. The number of halogens is 1. The Bertz CT molecular complexity index is 817. The third-order valence-corrected chi connectivity index (χ3v) is 4.55. The fraction of sp³-hybridized carbons (Fsp3) is 0.167. The van der Waals surface area contributed by atoms with Gasteiger partial charge in [0.25, 0.3) is 0 Å². The van der Waals surface area contributed by atoms with E-state index in [4.69, 9.17) is 16.6 Å². The number of benzene rings is 2. The maximum absolute atomic E-state index is 6.01. The number of pyridine rings is 1. The SMILES string of the molecule is CSc1ccc2nc(NCc3cccc(Cl)c3)cc(C)c2c1. The van der Waals surface area contributed by atoms with Crippen molar-refractivity contribution < 1.29 is 0 Å². The number of aryl methyl sites for hydroxylation is 1. The molecule has 112 valence electrons. The van der Waals surface area contributed by atoms with E-state index in [1.54, 1.807) is 11.8 Å². The Kier molecular flexibility index (Phi) is 4.55. The summed E-state index contributed by atoms with van der Waals surface area (Å²) in [5, 5.41) is 5.34. The second kappa shape index (κ2) is 6.59. The van der Waals surface area contributed by atoms with E-state index in [9.17, 15) is 0 Å². The molecular weight excluding hydrogens is 312 g/mol. The predicted octanol–water partition coefficient (Wildman–Crippen LogP) is 5.53. The Morgan fingerprint density at radius 2 is 2.00 bits per heavy atom. The lowest BCUT2D eigenvalue weighted by molar-refractivity contribution is 1.12. The van der Waals surface area contributed by atoms with Gasteiger partial charge in [-0.1, -0.05) is 23.7 Å². The first-order valence-corrected chi connectivity index (χ1v) is 8.70. The van der Waals surface area contributed by atoms with Gasteiger partial charge in [0.1, 0.15) is 5.82 Å². The zero-order valence-electron chi connectivity index (χ0n) is 12.6. The summed E-state index contributed by atoms with van der Waals surface area (Å²) in [6.45, 7) is 2.83. The van der Waals surface area contributed by atoms with Crippen LogP contribution in [0.4, 0.5) is 5.82 Å². The molecule has 3 rings (SSSR count). The number of thioether (sulfide) groups is 1. The van der Waals surface area contributed by atoms with E-state index in [0.717, 1.165) is 21.9 Å². The first-order chi connectivity index (χ1) is 10.7. The summed E-state index contributed by atoms with van der Waals surface area (Å²) in [6.07, 6.45) is 2.09. The molecule has 22 heavy (non-hydrogen) atoms. The van der Waals surface area contributed by atoms with Crippen molar-refractivity contribution in [2.45, 2.75) is 18.4 Å². The lowest BCUT2D eigenvalue weighted by atomic mass is 10.1. The minimum Gasteiger partial charge on any atom is -0.366 e. The molecule has 0 saturated heterocycles. The summed E-state index contributed by atoms with van der Waals surface area (Å²) in [5.74, 6) is 0.891. The molecule has 1 heterocycles. The minimum absolute atomic E-state index is 0.710. The number of nitrogens with one attached hydrogen (secondary N) is 1. The predicted molar refractivity (Wildman–Crippen MR) is 97.0 cm³/mol. The Morgan fingerprint density at radius 1 is 1.14 bits per heavy atom. The molecule has 0 aliphatic carbocycles. The highest BCUT2D eigenvalue weighted by Gasteiger charge is 2.04. The minimum atomic E-state index is 0.710. The standard InChI is InChI=1S/C18H17ClN2S/c1-12-8-18(20-11-13-4-3-5-14(19)9-13)21-17-7-6-15(22-2)10-16(12)17/h3-10H,11H2,1-2H3,(H,20,21). The average Bonchev–Trinajstić information content (AvgIpc) is 2.53. The Hall–Kier alpha value is -1.71. The van der Waals surface area contributed by atoms with Gasteiger partial charge in [0.05, 0.1) is 5.52 Å². The van der Waals surface area contributed by atoms with E-state index < -0.39 is 0 Å². The molecule has 1 aromatic heterocycles. The van der Waals surface area contributed by atoms with Crippen LogP contribution in [0, 0.1) is 6.92 Å². The Labute approximate surface area is 139 Å². The lowest BCUT2D eigenvalue weighted by Gasteiger charge is -2.10. The van der Waals surface area contributed by atoms with Crippen LogP contribution >= 0.6 is 23.4 Å². The summed E-state index contributed by atoms with van der Waals surface area (Å²) >= 11 is 7.76. The quantitative estimate of drug-likeness (QED) is 0.637. The van der Waals surface area contributed by atoms with Gasteiger partial charge in [0.15, 0.2) is 0 Å². The summed E-state index contributed by atoms with van der Waals surface area (Å²) in [5.41, 5.74) is 3.39. The molecule has 0 aliphatic rings. The fourth-order valence-corrected chi connectivity index (χ4v) is 3.08. The molecule has 0 atom stereocenters. The van der Waals surface area contributed by atoms with Crippen LogP contribution in [0.15, 0.2) is 53.4 Å². The number of hydrogen-bond acceptors (Lipinski definition) is 3. The van der Waals surface area contributed by atoms with Crippen molar-refractivity contribution in [3.8, 4) is 0 Å². The van der Waals surface area contributed by atoms with E-state index in [1.807, 2.05) is 18.2 Å². The van der Waals surface area contributed by atoms with Crippen molar-refractivity contribution >= 4 is 40.1 Å². The van der Waals surface area contributed by atoms with Gasteiger partial charge in [-0.2, -0.15) is 0 Å². The first kappa shape index (κ1) is 15.2. The maximum Gasteiger partial charge on any atom is 0.127 e. The Balaban J connectivity index is 1.85. The summed E-state index contributed by atoms with van der Waals surface area (Å²) < 4.78 is 0. The van der Waals surface area contributed by atoms with E-state index in [2.05, 4.69) is 48.8 Å². The first-order valence-electron chi connectivity index (χ1n) is 7.09. The van der Waals surface area contributed by atoms with E-state index in [1.165, 1.54) is 15.8 Å². The lowest BCUT2D eigenvalue weighted by Crippen LogP contribution is -2.02. The van der Waals surface area contributed by atoms with Crippen molar-refractivity contribution in [3.05, 3.63) is 64.7 Å². The number of aromatic nitrogens is 1. The normalized spacial score (nSPS) is 10.9. The monoisotopic (exact) mass is 328 g/mol. The average molecular weight is 329 g/mol. The van der Waals surface area contributed by atoms with Crippen LogP contribution in [0.3, 0.4) is 0 Å². The summed E-state index contributed by atoms with van der Waals surface area (Å²) in [7, 11) is 0. The smallest absolute Gasteiger partial charge is 0.127 e. The van der Waals surface area contributed by atoms with Crippen molar-refractivity contribution in [3.63, 3.8) is 0 Å². The number of rotatable bonds is 4. The van der Waals surface area contributed by atoms with Crippen molar-refractivity contribution in [1.82, 2.24) is 4.98 Å². The number of anilines is 1. The largest absolute Gasteiger partial charge is 0.366 e. The van der Waals surface area contributed by atoms with Gasteiger partial charge in [0, 0.05) is 21.8 Å². The van der Waals surface area contributed by atoms with E-state index >= 15 is 0 Å². The van der Waals surface area contributed by atoms with Crippen LogP contribution in [0.5, 0.6) is 0 Å². The second-order valence-electron chi connectivity index (χ2n) is 5.19. The molecule has 0 aliphatic heterocycles. The van der Waals surface area contributed by atoms with Gasteiger partial charge in [-0.3, -0.25) is 0 Å². The number of nitrogens with zero attached hydrogens (tertiary/aromatic N) is 1. The van der Waals surface area contributed by atoms with Crippen molar-refractivity contribution in [2.24, 2.45) is 0 Å². The van der Waals surface area contributed by atoms with Gasteiger partial charge >= 0.3 is 0 Å². The van der Waals surface area contributed by atoms with E-state index in [-0.39, 0.29) is 0 Å². The molecule has 0 fully saturated rings. The highest BCUT2D eigenvalue weighted by molar-refractivity contribution is 7.98. The van der Waals surface area contributed by atoms with Gasteiger partial charge in [-0.15, -0.1) is 11.8 Å². The third-order valence-electron chi connectivity index (χ3n) is 3.59. The van der Waals surface area contributed by atoms with Gasteiger partial charge in [0.2, 0.25) is 0 Å². The van der Waals surface area contributed by atoms with Crippen LogP contribution in [-0.4, -0.2) is 11.2 Å². The molecule has 0 amide bonds. The van der Waals surface area contributed by atoms with E-state index in [0.29, 0.717) is 6.54 Å². The second-order valence-corrected chi connectivity index (χ2v) is 6.51. The van der Waals surface area contributed by atoms with Crippen LogP contribution < -0.4 is 5.32 Å². The van der Waals surface area contributed by atoms with Crippen molar-refractivity contribution in [2.75, 3.05) is 11.6 Å². The fourth-order valence-electron chi connectivity index (χ4n) is 2.43. The van der Waals surface area contributed by atoms with Crippen LogP contribution in [-0.2, 0) is 6.54 Å². The van der Waals surface area contributed by atoms with Crippen LogP contribution in [0.25, 0.3) is 10.9 Å². The molecular formula is C18H17ClN2S. The zero-order chi connectivity index (χ0) is 15.5. The molecule has 3 aromatic rings. The van der Waals surface area contributed by atoms with Crippen LogP contribution in [0.1, 0.15) is 11.1 Å². The highest BCUT2D eigenvalue weighted by atomic mass is 35.5. The molecule has 2 aromatic carbocycles. The molecule has 0 spiro atoms. The van der Waals surface area contributed by atoms with Gasteiger partial charge < -0.3 is 5.32 Å². The third kappa shape index (κ3) is 3.37. The molecule has 0 radical (unpaired) electrons. The number of hydrogen-bond donors (Lipinski definition) is 1. The molecule has 0 bridgehead atoms. The molecule has 2 nitrogen and oxygen atoms in total. The maximum atomic E-state index is 6.01. The van der Waals surface area contributed by atoms with Gasteiger partial charge in [-0.25, -0.2) is 4.98 Å². The summed E-state index contributed by atoms with van der Waals surface area (Å²) in [4.78, 5) is 5.96. The van der Waals surface area contributed by atoms with Gasteiger partial charge in [-0.05, 0) is 60.7 Å². The number of fused-ring (bicyclic) bond motifs is 1. The molecule has 0 saturated carbocycles. The highest BCUT2D eigenvalue weighted by Crippen LogP contribution is 2.25. The van der Waals surface area contributed by atoms with Crippen LogP contribution in [0.2, 0.25) is 5.02 Å². The molecule has 1 N–H and O–H groups in total.